The zero-order valence-electron chi connectivity index (χ0n) is 17.8. The first-order valence-electron chi connectivity index (χ1n) is 10.2. The number of amides is 1. The van der Waals surface area contributed by atoms with E-state index in [4.69, 9.17) is 9.52 Å². The van der Waals surface area contributed by atoms with Gasteiger partial charge in [-0.15, -0.1) is 24.0 Å². The van der Waals surface area contributed by atoms with Crippen LogP contribution in [-0.2, 0) is 15.5 Å². The lowest BCUT2D eigenvalue weighted by atomic mass is 10.2. The molecule has 1 amide bonds. The van der Waals surface area contributed by atoms with Crippen molar-refractivity contribution in [1.82, 2.24) is 0 Å². The molecule has 1 aliphatic heterocycles. The second-order valence-corrected chi connectivity index (χ2v) is 8.55. The summed E-state index contributed by atoms with van der Waals surface area (Å²) in [5, 5.41) is 11.3. The van der Waals surface area contributed by atoms with Crippen molar-refractivity contribution in [2.45, 2.75) is 0 Å². The van der Waals surface area contributed by atoms with Crippen molar-refractivity contribution in [3.8, 4) is 5.75 Å². The highest BCUT2D eigenvalue weighted by Crippen LogP contribution is 2.20. The van der Waals surface area contributed by atoms with Gasteiger partial charge >= 0.3 is 0 Å². The number of anilines is 4. The summed E-state index contributed by atoms with van der Waals surface area (Å²) in [5.41, 5.74) is 3.60. The van der Waals surface area contributed by atoms with Crippen molar-refractivity contribution in [2.75, 3.05) is 29.1 Å². The maximum Gasteiger partial charge on any atom is 0.262 e. The average Bonchev–Trinajstić information content (AvgIpc) is 3.23. The fourth-order valence-electron chi connectivity index (χ4n) is 3.05. The molecule has 0 aliphatic carbocycles. The first-order valence-corrected chi connectivity index (χ1v) is 11.4. The molecule has 33 heavy (non-hydrogen) atoms. The monoisotopic (exact) mass is 572 g/mol. The van der Waals surface area contributed by atoms with E-state index in [0.29, 0.717) is 18.0 Å². The minimum absolute atomic E-state index is 0. The maximum absolute atomic E-state index is 12.2. The van der Waals surface area contributed by atoms with E-state index < -0.39 is 10.7 Å². The molecular formula is C25H25IN4O2S. The molecule has 0 saturated heterocycles. The van der Waals surface area contributed by atoms with Crippen molar-refractivity contribution in [3.05, 3.63) is 101 Å². The average molecular weight is 572 g/mol. The van der Waals surface area contributed by atoms with E-state index in [9.17, 15) is 4.79 Å². The van der Waals surface area contributed by atoms with Gasteiger partial charge in [0.25, 0.3) is 5.91 Å². The Bertz CT molecular complexity index is 1150. The third kappa shape index (κ3) is 7.47. The largest absolute Gasteiger partial charge is 0.484 e. The molecule has 0 bridgehead atoms. The predicted molar refractivity (Wildman–Crippen MR) is 148 cm³/mol. The number of para-hydroxylation sites is 1. The van der Waals surface area contributed by atoms with Gasteiger partial charge in [-0.25, -0.2) is 0 Å². The molecule has 3 aromatic carbocycles. The van der Waals surface area contributed by atoms with Crippen LogP contribution in [0.25, 0.3) is 0 Å². The third-order valence-corrected chi connectivity index (χ3v) is 5.98. The molecule has 0 fully saturated rings. The van der Waals surface area contributed by atoms with Gasteiger partial charge in [0.15, 0.2) is 6.61 Å². The summed E-state index contributed by atoms with van der Waals surface area (Å²) in [7, 11) is -0.530. The Labute approximate surface area is 213 Å². The molecule has 0 spiro atoms. The van der Waals surface area contributed by atoms with Crippen LogP contribution in [0.3, 0.4) is 0 Å². The van der Waals surface area contributed by atoms with Crippen LogP contribution in [0.5, 0.6) is 5.75 Å². The minimum atomic E-state index is -0.530. The summed E-state index contributed by atoms with van der Waals surface area (Å²) in [4.78, 5) is 13.3. The van der Waals surface area contributed by atoms with Crippen LogP contribution in [0.2, 0.25) is 0 Å². The highest BCUT2D eigenvalue weighted by Gasteiger charge is 2.06. The van der Waals surface area contributed by atoms with E-state index in [1.165, 1.54) is 0 Å². The Morgan fingerprint density at radius 3 is 2.15 bits per heavy atom. The number of halogens is 1. The van der Waals surface area contributed by atoms with Gasteiger partial charge in [-0.3, -0.25) is 9.57 Å². The van der Waals surface area contributed by atoms with E-state index in [-0.39, 0.29) is 36.5 Å². The van der Waals surface area contributed by atoms with Crippen LogP contribution in [0.4, 0.5) is 22.7 Å². The molecule has 6 nitrogen and oxygen atoms in total. The van der Waals surface area contributed by atoms with E-state index in [0.717, 1.165) is 22.0 Å². The first-order chi connectivity index (χ1) is 15.7. The van der Waals surface area contributed by atoms with Crippen LogP contribution < -0.4 is 20.7 Å². The zero-order valence-corrected chi connectivity index (χ0v) is 20.9. The molecule has 4 rings (SSSR count). The summed E-state index contributed by atoms with van der Waals surface area (Å²) in [6, 6.07) is 24.9. The number of hydrogen-bond donors (Lipinski definition) is 4. The number of ether oxygens (including phenoxy) is 1. The standard InChI is InChI=1S/C25H24N4O2S.HI/c26-32-16-4-7-24(32)17-27-19-12-14-23(15-13-19)31-18-25(30)29-22-10-8-21(9-11-22)28-20-5-2-1-3-6-20;/h1-16,26-28H,17-18H2,(H,29,30);1H. The highest BCUT2D eigenvalue weighted by atomic mass is 127. The fourth-order valence-corrected chi connectivity index (χ4v) is 3.92. The van der Waals surface area contributed by atoms with E-state index in [1.54, 1.807) is 0 Å². The van der Waals surface area contributed by atoms with Crippen LogP contribution in [0.15, 0.2) is 101 Å². The van der Waals surface area contributed by atoms with Gasteiger partial charge < -0.3 is 20.7 Å². The van der Waals surface area contributed by atoms with Gasteiger partial charge in [-0.05, 0) is 72.1 Å². The topological polar surface area (TPSA) is 86.2 Å². The Kier molecular flexibility index (Phi) is 9.08. The van der Waals surface area contributed by atoms with E-state index in [1.807, 2.05) is 96.4 Å². The molecule has 4 N–H and O–H groups in total. The lowest BCUT2D eigenvalue weighted by Crippen LogP contribution is -2.20. The summed E-state index contributed by atoms with van der Waals surface area (Å²) in [6.07, 6.45) is 3.90. The Morgan fingerprint density at radius 2 is 1.48 bits per heavy atom. The van der Waals surface area contributed by atoms with Gasteiger partial charge in [0.05, 0.1) is 0 Å². The van der Waals surface area contributed by atoms with Crippen LogP contribution in [0, 0.1) is 4.78 Å². The second-order valence-electron chi connectivity index (χ2n) is 7.08. The van der Waals surface area contributed by atoms with Crippen molar-refractivity contribution in [1.29, 1.82) is 4.78 Å². The van der Waals surface area contributed by atoms with Crippen LogP contribution >= 0.6 is 24.0 Å². The van der Waals surface area contributed by atoms with Crippen LogP contribution in [-0.4, -0.2) is 19.1 Å². The molecule has 3 aromatic rings. The lowest BCUT2D eigenvalue weighted by Gasteiger charge is -2.11. The van der Waals surface area contributed by atoms with Crippen LogP contribution in [0.1, 0.15) is 0 Å². The number of benzene rings is 3. The molecule has 0 saturated carbocycles. The Hall–Kier alpha value is -3.11. The normalized spacial score (nSPS) is 14.1. The predicted octanol–water partition coefficient (Wildman–Crippen LogP) is 6.27. The molecule has 1 atom stereocenters. The quantitative estimate of drug-likeness (QED) is 0.228. The van der Waals surface area contributed by atoms with Crippen molar-refractivity contribution < 1.29 is 9.53 Å². The summed E-state index contributed by atoms with van der Waals surface area (Å²) < 4.78 is 13.5. The number of nitrogens with one attached hydrogen (secondary N) is 4. The van der Waals surface area contributed by atoms with Gasteiger partial charge in [-0.2, -0.15) is 0 Å². The van der Waals surface area contributed by atoms with Crippen molar-refractivity contribution >= 4 is 63.3 Å². The molecular weight excluding hydrogens is 547 g/mol. The molecule has 0 aromatic heterocycles. The summed E-state index contributed by atoms with van der Waals surface area (Å²) in [6.45, 7) is 0.568. The van der Waals surface area contributed by atoms with E-state index in [2.05, 4.69) is 16.0 Å². The number of allylic oxidation sites excluding steroid dienone is 2. The molecule has 170 valence electrons. The van der Waals surface area contributed by atoms with Crippen molar-refractivity contribution in [2.24, 2.45) is 0 Å². The number of carbonyl (C=O) groups is 1. The molecule has 0 radical (unpaired) electrons. The molecule has 8 heteroatoms. The van der Waals surface area contributed by atoms with E-state index >= 15 is 0 Å². The molecule has 1 aliphatic rings. The van der Waals surface area contributed by atoms with Gasteiger partial charge in [0.2, 0.25) is 0 Å². The minimum Gasteiger partial charge on any atom is -0.484 e. The van der Waals surface area contributed by atoms with Crippen molar-refractivity contribution in [3.63, 3.8) is 0 Å². The van der Waals surface area contributed by atoms with Gasteiger partial charge in [0, 0.05) is 34.2 Å². The first kappa shape index (κ1) is 24.5. The summed E-state index contributed by atoms with van der Waals surface area (Å²) >= 11 is 0. The lowest BCUT2D eigenvalue weighted by molar-refractivity contribution is -0.118. The maximum atomic E-state index is 12.2. The number of rotatable bonds is 9. The number of hydrogen-bond acceptors (Lipinski definition) is 5. The molecule has 1 unspecified atom stereocenters. The fraction of sp³-hybridized carbons (Fsp3) is 0.0800. The highest BCUT2D eigenvalue weighted by molar-refractivity contribution is 14.0. The van der Waals surface area contributed by atoms with Gasteiger partial charge in [0.1, 0.15) is 5.75 Å². The Morgan fingerprint density at radius 1 is 0.848 bits per heavy atom. The van der Waals surface area contributed by atoms with Gasteiger partial charge in [-0.1, -0.05) is 35.0 Å². The number of carbonyl (C=O) groups excluding carboxylic acids is 1. The SMILES string of the molecule is I.N=S1C=CC=C1CNc1ccc(OCC(=O)Nc2ccc(Nc3ccccc3)cc2)cc1. The third-order valence-electron chi connectivity index (χ3n) is 4.70. The smallest absolute Gasteiger partial charge is 0.262 e. The molecule has 1 heterocycles. The summed E-state index contributed by atoms with van der Waals surface area (Å²) in [5.74, 6) is 0.397. The second kappa shape index (κ2) is 12.2. The Balaban J connectivity index is 0.00000306. The zero-order chi connectivity index (χ0) is 22.2.